The number of rotatable bonds is 3. The number of benzene rings is 1. The van der Waals surface area contributed by atoms with Crippen LogP contribution in [-0.2, 0) is 4.79 Å². The number of pyridine rings is 1. The van der Waals surface area contributed by atoms with Crippen molar-refractivity contribution in [1.29, 1.82) is 0 Å². The highest BCUT2D eigenvalue weighted by Crippen LogP contribution is 2.23. The zero-order valence-electron chi connectivity index (χ0n) is 10.7. The molecule has 2 aromatic rings. The molecule has 2 rings (SSSR count). The predicted molar refractivity (Wildman–Crippen MR) is 83.1 cm³/mol. The summed E-state index contributed by atoms with van der Waals surface area (Å²) in [5.41, 5.74) is 1.83. The minimum Gasteiger partial charge on any atom is -0.307 e. The van der Waals surface area contributed by atoms with Crippen LogP contribution in [0, 0.1) is 6.92 Å². The van der Waals surface area contributed by atoms with Crippen LogP contribution in [0.2, 0.25) is 10.0 Å². The first-order chi connectivity index (χ1) is 9.54. The van der Waals surface area contributed by atoms with E-state index in [1.165, 1.54) is 6.08 Å². The maximum absolute atomic E-state index is 11.7. The van der Waals surface area contributed by atoms with E-state index in [4.69, 9.17) is 23.2 Å². The van der Waals surface area contributed by atoms with Crippen LogP contribution in [0.25, 0.3) is 6.08 Å². The van der Waals surface area contributed by atoms with E-state index >= 15 is 0 Å². The van der Waals surface area contributed by atoms with Gasteiger partial charge in [0.05, 0.1) is 10.0 Å². The monoisotopic (exact) mass is 306 g/mol. The Morgan fingerprint density at radius 3 is 2.65 bits per heavy atom. The molecule has 0 aliphatic carbocycles. The first-order valence-corrected chi connectivity index (χ1v) is 6.67. The molecule has 0 saturated heterocycles. The number of nitrogens with one attached hydrogen (secondary N) is 1. The smallest absolute Gasteiger partial charge is 0.249 e. The molecule has 1 amide bonds. The minimum atomic E-state index is -0.257. The molecule has 1 N–H and O–H groups in total. The van der Waals surface area contributed by atoms with Crippen molar-refractivity contribution in [2.75, 3.05) is 5.32 Å². The molecule has 5 heteroatoms. The van der Waals surface area contributed by atoms with Gasteiger partial charge in [0.15, 0.2) is 0 Å². The quantitative estimate of drug-likeness (QED) is 0.857. The minimum absolute atomic E-state index is 0.257. The van der Waals surface area contributed by atoms with Crippen molar-refractivity contribution >= 4 is 41.0 Å². The van der Waals surface area contributed by atoms with Gasteiger partial charge < -0.3 is 5.32 Å². The number of anilines is 1. The van der Waals surface area contributed by atoms with Crippen LogP contribution in [0.3, 0.4) is 0 Å². The molecule has 1 aromatic carbocycles. The predicted octanol–water partition coefficient (Wildman–Crippen LogP) is 4.35. The van der Waals surface area contributed by atoms with Crippen molar-refractivity contribution < 1.29 is 4.79 Å². The average Bonchev–Trinajstić information content (AvgIpc) is 2.43. The van der Waals surface area contributed by atoms with Gasteiger partial charge in [-0.25, -0.2) is 4.98 Å². The van der Waals surface area contributed by atoms with Crippen LogP contribution in [0.4, 0.5) is 5.82 Å². The molecule has 1 aromatic heterocycles. The Bertz CT molecular complexity index is 651. The van der Waals surface area contributed by atoms with E-state index in [9.17, 15) is 4.79 Å². The summed E-state index contributed by atoms with van der Waals surface area (Å²) in [5, 5.41) is 3.61. The summed E-state index contributed by atoms with van der Waals surface area (Å²) in [6.45, 7) is 1.93. The lowest BCUT2D eigenvalue weighted by Gasteiger charge is -2.01. The molecule has 1 heterocycles. The number of carbonyl (C=O) groups excluding carboxylic acids is 1. The molecule has 0 unspecified atom stereocenters. The van der Waals surface area contributed by atoms with Crippen LogP contribution in [-0.4, -0.2) is 10.9 Å². The highest BCUT2D eigenvalue weighted by molar-refractivity contribution is 6.42. The van der Waals surface area contributed by atoms with Gasteiger partial charge in [-0.3, -0.25) is 4.79 Å². The molecule has 0 saturated carbocycles. The van der Waals surface area contributed by atoms with E-state index < -0.39 is 0 Å². The van der Waals surface area contributed by atoms with Gasteiger partial charge in [-0.15, -0.1) is 0 Å². The second-order valence-corrected chi connectivity index (χ2v) is 5.03. The number of halogens is 2. The third kappa shape index (κ3) is 4.08. The van der Waals surface area contributed by atoms with Crippen LogP contribution in [0.15, 0.2) is 42.6 Å². The Morgan fingerprint density at radius 1 is 1.20 bits per heavy atom. The number of aromatic nitrogens is 1. The molecule has 0 aliphatic rings. The number of amides is 1. The lowest BCUT2D eigenvalue weighted by Crippen LogP contribution is -2.08. The van der Waals surface area contributed by atoms with E-state index in [1.54, 1.807) is 36.5 Å². The molecule has 0 aliphatic heterocycles. The summed E-state index contributed by atoms with van der Waals surface area (Å²) >= 11 is 11.7. The molecule has 20 heavy (non-hydrogen) atoms. The summed E-state index contributed by atoms with van der Waals surface area (Å²) in [4.78, 5) is 15.8. The SMILES string of the molecule is Cc1ccc(NC(=O)/C=C/c2ccc(Cl)c(Cl)c2)nc1. The maximum Gasteiger partial charge on any atom is 0.249 e. The van der Waals surface area contributed by atoms with E-state index in [2.05, 4.69) is 10.3 Å². The van der Waals surface area contributed by atoms with Crippen molar-refractivity contribution in [3.05, 3.63) is 63.8 Å². The van der Waals surface area contributed by atoms with E-state index in [-0.39, 0.29) is 5.91 Å². The first-order valence-electron chi connectivity index (χ1n) is 5.91. The Hall–Kier alpha value is -1.84. The molecular weight excluding hydrogens is 295 g/mol. The summed E-state index contributed by atoms with van der Waals surface area (Å²) < 4.78 is 0. The number of hydrogen-bond donors (Lipinski definition) is 1. The highest BCUT2D eigenvalue weighted by Gasteiger charge is 2.00. The van der Waals surface area contributed by atoms with Gasteiger partial charge in [0.25, 0.3) is 0 Å². The second kappa shape index (κ2) is 6.55. The number of carbonyl (C=O) groups is 1. The Labute approximate surface area is 127 Å². The zero-order valence-corrected chi connectivity index (χ0v) is 12.2. The summed E-state index contributed by atoms with van der Waals surface area (Å²) in [5.74, 6) is 0.256. The zero-order chi connectivity index (χ0) is 14.5. The third-order valence-corrected chi connectivity index (χ3v) is 3.27. The van der Waals surface area contributed by atoms with Gasteiger partial charge in [-0.05, 0) is 42.3 Å². The normalized spacial score (nSPS) is 10.8. The molecule has 0 spiro atoms. The standard InChI is InChI=1S/C15H12Cl2N2O/c1-10-2-6-14(18-9-10)19-15(20)7-4-11-3-5-12(16)13(17)8-11/h2-9H,1H3,(H,18,19,20)/b7-4+. The fourth-order valence-electron chi connectivity index (χ4n) is 1.50. The summed E-state index contributed by atoms with van der Waals surface area (Å²) in [7, 11) is 0. The Morgan fingerprint density at radius 2 is 2.00 bits per heavy atom. The van der Waals surface area contributed by atoms with Crippen LogP contribution >= 0.6 is 23.2 Å². The lowest BCUT2D eigenvalue weighted by atomic mass is 10.2. The van der Waals surface area contributed by atoms with Crippen LogP contribution in [0.1, 0.15) is 11.1 Å². The van der Waals surface area contributed by atoms with Crippen LogP contribution in [0.5, 0.6) is 0 Å². The Balaban J connectivity index is 2.01. The molecular formula is C15H12Cl2N2O. The molecule has 0 atom stereocenters. The molecule has 3 nitrogen and oxygen atoms in total. The highest BCUT2D eigenvalue weighted by atomic mass is 35.5. The van der Waals surface area contributed by atoms with Crippen molar-refractivity contribution in [2.24, 2.45) is 0 Å². The molecule has 102 valence electrons. The van der Waals surface area contributed by atoms with E-state index in [0.29, 0.717) is 15.9 Å². The topological polar surface area (TPSA) is 42.0 Å². The van der Waals surface area contributed by atoms with E-state index in [1.807, 2.05) is 13.0 Å². The average molecular weight is 307 g/mol. The van der Waals surface area contributed by atoms with Gasteiger partial charge in [-0.2, -0.15) is 0 Å². The Kier molecular flexibility index (Phi) is 4.77. The molecule has 0 radical (unpaired) electrons. The fraction of sp³-hybridized carbons (Fsp3) is 0.0667. The van der Waals surface area contributed by atoms with Gasteiger partial charge >= 0.3 is 0 Å². The molecule has 0 bridgehead atoms. The fourth-order valence-corrected chi connectivity index (χ4v) is 1.80. The lowest BCUT2D eigenvalue weighted by molar-refractivity contribution is -0.111. The van der Waals surface area contributed by atoms with Crippen molar-refractivity contribution in [2.45, 2.75) is 6.92 Å². The van der Waals surface area contributed by atoms with Crippen molar-refractivity contribution in [3.63, 3.8) is 0 Å². The number of aryl methyl sites for hydroxylation is 1. The second-order valence-electron chi connectivity index (χ2n) is 4.22. The number of nitrogens with zero attached hydrogens (tertiary/aromatic N) is 1. The van der Waals surface area contributed by atoms with Crippen molar-refractivity contribution in [1.82, 2.24) is 4.98 Å². The summed E-state index contributed by atoms with van der Waals surface area (Å²) in [6.07, 6.45) is 4.77. The third-order valence-electron chi connectivity index (χ3n) is 2.53. The largest absolute Gasteiger partial charge is 0.307 e. The van der Waals surface area contributed by atoms with E-state index in [0.717, 1.165) is 11.1 Å². The van der Waals surface area contributed by atoms with Gasteiger partial charge in [0, 0.05) is 12.3 Å². The summed E-state index contributed by atoms with van der Waals surface area (Å²) in [6, 6.07) is 8.79. The van der Waals surface area contributed by atoms with Gasteiger partial charge in [0.2, 0.25) is 5.91 Å². The number of hydrogen-bond acceptors (Lipinski definition) is 2. The van der Waals surface area contributed by atoms with Gasteiger partial charge in [-0.1, -0.05) is 35.3 Å². The maximum atomic E-state index is 11.7. The van der Waals surface area contributed by atoms with Crippen LogP contribution < -0.4 is 5.32 Å². The molecule has 0 fully saturated rings. The van der Waals surface area contributed by atoms with Gasteiger partial charge in [0.1, 0.15) is 5.82 Å². The van der Waals surface area contributed by atoms with Crippen molar-refractivity contribution in [3.8, 4) is 0 Å². The first kappa shape index (κ1) is 14.6.